The average Bonchev–Trinajstić information content (AvgIpc) is 3.35. The number of hydrogen-bond acceptors (Lipinski definition) is 7. The molecule has 1 aliphatic carbocycles. The number of aromatic nitrogens is 6. The van der Waals surface area contributed by atoms with Crippen molar-refractivity contribution >= 4 is 17.7 Å². The lowest BCUT2D eigenvalue weighted by atomic mass is 10.2. The van der Waals surface area contributed by atoms with Crippen LogP contribution in [0.4, 0.5) is 17.7 Å². The molecule has 4 rings (SSSR count). The summed E-state index contributed by atoms with van der Waals surface area (Å²) in [5, 5.41) is 13.7. The van der Waals surface area contributed by atoms with Gasteiger partial charge in [-0.2, -0.15) is 20.1 Å². The largest absolute Gasteiger partial charge is 0.346 e. The molecule has 0 bridgehead atoms. The number of pyridine rings is 1. The first-order chi connectivity index (χ1) is 12.2. The lowest BCUT2D eigenvalue weighted by molar-refractivity contribution is 0.813. The average molecular weight is 336 g/mol. The predicted molar refractivity (Wildman–Crippen MR) is 94.7 cm³/mol. The monoisotopic (exact) mass is 336 g/mol. The van der Waals surface area contributed by atoms with Crippen molar-refractivity contribution in [3.05, 3.63) is 47.7 Å². The Morgan fingerprint density at radius 2 is 2.00 bits per heavy atom. The quantitative estimate of drug-likeness (QED) is 0.635. The highest BCUT2D eigenvalue weighted by Crippen LogP contribution is 2.39. The van der Waals surface area contributed by atoms with Crippen LogP contribution in [0, 0.1) is 6.92 Å². The lowest BCUT2D eigenvalue weighted by Crippen LogP contribution is -2.13. The molecule has 0 radical (unpaired) electrons. The molecule has 8 heteroatoms. The van der Waals surface area contributed by atoms with E-state index in [0.29, 0.717) is 23.6 Å². The van der Waals surface area contributed by atoms with Crippen molar-refractivity contribution in [3.8, 4) is 0 Å². The molecule has 3 heterocycles. The van der Waals surface area contributed by atoms with Crippen LogP contribution in [-0.4, -0.2) is 30.1 Å². The number of hydrogen-bond donors (Lipinski definition) is 3. The molecule has 3 N–H and O–H groups in total. The first-order valence-electron chi connectivity index (χ1n) is 8.40. The molecule has 8 nitrogen and oxygen atoms in total. The van der Waals surface area contributed by atoms with E-state index in [9.17, 15) is 0 Å². The Bertz CT molecular complexity index is 856. The molecule has 0 aliphatic heterocycles. The molecular weight excluding hydrogens is 316 g/mol. The molecule has 0 saturated heterocycles. The molecule has 25 heavy (non-hydrogen) atoms. The van der Waals surface area contributed by atoms with Crippen LogP contribution in [0.2, 0.25) is 0 Å². The van der Waals surface area contributed by atoms with Gasteiger partial charge in [-0.1, -0.05) is 6.07 Å². The minimum atomic E-state index is -0.0114. The van der Waals surface area contributed by atoms with Crippen molar-refractivity contribution in [2.24, 2.45) is 0 Å². The first-order valence-corrected chi connectivity index (χ1v) is 8.40. The lowest BCUT2D eigenvalue weighted by Gasteiger charge is -2.14. The van der Waals surface area contributed by atoms with Crippen LogP contribution in [-0.2, 0) is 0 Å². The maximum absolute atomic E-state index is 4.44. The number of aryl methyl sites for hydroxylation is 1. The fourth-order valence-electron chi connectivity index (χ4n) is 2.62. The Kier molecular flexibility index (Phi) is 4.01. The van der Waals surface area contributed by atoms with Gasteiger partial charge in [-0.3, -0.25) is 10.1 Å². The number of H-pyrrole nitrogens is 1. The maximum atomic E-state index is 4.44. The molecule has 128 valence electrons. The number of aromatic amines is 1. The summed E-state index contributed by atoms with van der Waals surface area (Å²) in [5.74, 6) is 2.95. The second kappa shape index (κ2) is 6.46. The smallest absolute Gasteiger partial charge is 0.233 e. The number of nitrogens with one attached hydrogen (secondary N) is 3. The van der Waals surface area contributed by atoms with Gasteiger partial charge in [0.2, 0.25) is 11.9 Å². The third kappa shape index (κ3) is 3.73. The predicted octanol–water partition coefficient (Wildman–Crippen LogP) is 3.09. The molecule has 0 amide bonds. The van der Waals surface area contributed by atoms with E-state index in [0.717, 1.165) is 17.2 Å². The van der Waals surface area contributed by atoms with Crippen molar-refractivity contribution in [1.82, 2.24) is 30.1 Å². The van der Waals surface area contributed by atoms with Crippen molar-refractivity contribution < 1.29 is 0 Å². The molecule has 0 aromatic carbocycles. The van der Waals surface area contributed by atoms with Crippen LogP contribution in [0.3, 0.4) is 0 Å². The van der Waals surface area contributed by atoms with Gasteiger partial charge in [-0.25, -0.2) is 0 Å². The van der Waals surface area contributed by atoms with E-state index in [1.807, 2.05) is 38.1 Å². The van der Waals surface area contributed by atoms with Gasteiger partial charge >= 0.3 is 0 Å². The fourth-order valence-corrected chi connectivity index (χ4v) is 2.62. The van der Waals surface area contributed by atoms with Gasteiger partial charge in [-0.15, -0.1) is 0 Å². The minimum Gasteiger partial charge on any atom is -0.346 e. The highest BCUT2D eigenvalue weighted by atomic mass is 15.3. The van der Waals surface area contributed by atoms with E-state index in [-0.39, 0.29) is 6.04 Å². The summed E-state index contributed by atoms with van der Waals surface area (Å²) < 4.78 is 0. The molecule has 1 saturated carbocycles. The van der Waals surface area contributed by atoms with Gasteiger partial charge in [-0.05, 0) is 38.8 Å². The van der Waals surface area contributed by atoms with Crippen molar-refractivity contribution in [2.75, 3.05) is 10.6 Å². The van der Waals surface area contributed by atoms with E-state index in [4.69, 9.17) is 0 Å². The van der Waals surface area contributed by atoms with Gasteiger partial charge in [0.25, 0.3) is 0 Å². The van der Waals surface area contributed by atoms with Crippen LogP contribution >= 0.6 is 0 Å². The zero-order chi connectivity index (χ0) is 17.2. The Morgan fingerprint density at radius 1 is 1.16 bits per heavy atom. The van der Waals surface area contributed by atoms with Crippen molar-refractivity contribution in [2.45, 2.75) is 38.6 Å². The molecule has 3 aromatic rings. The van der Waals surface area contributed by atoms with Crippen LogP contribution in [0.5, 0.6) is 0 Å². The van der Waals surface area contributed by atoms with Crippen LogP contribution in [0.25, 0.3) is 0 Å². The standard InChI is InChI=1S/C17H20N8/c1-10(13-5-3-4-8-18-13)19-16-20-11(2)21-17(23-16)22-15-9-14(24-25-15)12-6-7-12/h3-5,8-10,12H,6-7H2,1-2H3,(H3,19,20,21,22,23,24,25). The van der Waals surface area contributed by atoms with Crippen molar-refractivity contribution in [3.63, 3.8) is 0 Å². The summed E-state index contributed by atoms with van der Waals surface area (Å²) in [6, 6.07) is 7.82. The minimum absolute atomic E-state index is 0.0114. The summed E-state index contributed by atoms with van der Waals surface area (Å²) in [5.41, 5.74) is 2.09. The maximum Gasteiger partial charge on any atom is 0.233 e. The van der Waals surface area contributed by atoms with Gasteiger partial charge < -0.3 is 10.6 Å². The molecule has 1 fully saturated rings. The van der Waals surface area contributed by atoms with Crippen LogP contribution in [0.1, 0.15) is 48.9 Å². The number of rotatable bonds is 6. The Balaban J connectivity index is 1.49. The third-order valence-corrected chi connectivity index (χ3v) is 4.08. The van der Waals surface area contributed by atoms with E-state index in [1.165, 1.54) is 12.8 Å². The number of nitrogens with zero attached hydrogens (tertiary/aromatic N) is 5. The van der Waals surface area contributed by atoms with E-state index < -0.39 is 0 Å². The zero-order valence-electron chi connectivity index (χ0n) is 14.2. The second-order valence-electron chi connectivity index (χ2n) is 6.26. The molecule has 1 aliphatic rings. The summed E-state index contributed by atoms with van der Waals surface area (Å²) >= 11 is 0. The van der Waals surface area contributed by atoms with Gasteiger partial charge in [0.1, 0.15) is 5.82 Å². The van der Waals surface area contributed by atoms with Crippen molar-refractivity contribution in [1.29, 1.82) is 0 Å². The summed E-state index contributed by atoms with van der Waals surface area (Å²) in [6.45, 7) is 3.85. The Labute approximate surface area is 145 Å². The van der Waals surface area contributed by atoms with Gasteiger partial charge in [0.05, 0.1) is 11.7 Å². The molecule has 1 unspecified atom stereocenters. The second-order valence-corrected chi connectivity index (χ2v) is 6.26. The molecular formula is C17H20N8. The third-order valence-electron chi connectivity index (χ3n) is 4.08. The highest BCUT2D eigenvalue weighted by Gasteiger charge is 2.25. The van der Waals surface area contributed by atoms with E-state index in [2.05, 4.69) is 40.8 Å². The molecule has 3 aromatic heterocycles. The zero-order valence-corrected chi connectivity index (χ0v) is 14.2. The van der Waals surface area contributed by atoms with E-state index in [1.54, 1.807) is 6.20 Å². The normalized spacial score (nSPS) is 15.0. The Hall–Kier alpha value is -3.03. The molecule has 0 spiro atoms. The molecule has 1 atom stereocenters. The van der Waals surface area contributed by atoms with Gasteiger partial charge in [0.15, 0.2) is 5.82 Å². The number of anilines is 3. The summed E-state index contributed by atoms with van der Waals surface area (Å²) in [7, 11) is 0. The highest BCUT2D eigenvalue weighted by molar-refractivity contribution is 5.50. The van der Waals surface area contributed by atoms with Gasteiger partial charge in [0, 0.05) is 23.9 Å². The summed E-state index contributed by atoms with van der Waals surface area (Å²) in [4.78, 5) is 17.5. The topological polar surface area (TPSA) is 104 Å². The van der Waals surface area contributed by atoms with E-state index >= 15 is 0 Å². The SMILES string of the molecule is Cc1nc(Nc2cc(C3CC3)[nH]n2)nc(NC(C)c2ccccn2)n1. The first kappa shape index (κ1) is 15.5. The van der Waals surface area contributed by atoms with Crippen LogP contribution in [0.15, 0.2) is 30.5 Å². The fraction of sp³-hybridized carbons (Fsp3) is 0.353. The Morgan fingerprint density at radius 3 is 2.76 bits per heavy atom. The van der Waals surface area contributed by atoms with Crippen LogP contribution < -0.4 is 10.6 Å². The summed E-state index contributed by atoms with van der Waals surface area (Å²) in [6.07, 6.45) is 4.23.